The Balaban J connectivity index is 1.57. The number of hydrogen-bond acceptors (Lipinski definition) is 3. The summed E-state index contributed by atoms with van der Waals surface area (Å²) in [6, 6.07) is 15.7. The van der Waals surface area contributed by atoms with Crippen molar-refractivity contribution in [3.8, 4) is 10.6 Å². The van der Waals surface area contributed by atoms with Crippen molar-refractivity contribution in [2.24, 2.45) is 0 Å². The van der Waals surface area contributed by atoms with Gasteiger partial charge in [-0.2, -0.15) is 0 Å². The topological polar surface area (TPSA) is 42.0 Å². The fraction of sp³-hybridized carbons (Fsp3) is 0.158. The lowest BCUT2D eigenvalue weighted by molar-refractivity contribution is -0.120. The third-order valence-corrected chi connectivity index (χ3v) is 4.79. The maximum Gasteiger partial charge on any atom is 0.226 e. The quantitative estimate of drug-likeness (QED) is 0.724. The third kappa shape index (κ3) is 4.43. The predicted octanol–water partition coefficient (Wildman–Crippen LogP) is 4.63. The summed E-state index contributed by atoms with van der Waals surface area (Å²) in [6.45, 7) is 2.55. The Hall–Kier alpha value is -2.17. The molecular formula is C19H17ClN2OS. The van der Waals surface area contributed by atoms with Crippen molar-refractivity contribution in [1.29, 1.82) is 0 Å². The molecule has 0 radical (unpaired) electrons. The monoisotopic (exact) mass is 356 g/mol. The summed E-state index contributed by atoms with van der Waals surface area (Å²) in [5.41, 5.74) is 4.12. The lowest BCUT2D eigenvalue weighted by Gasteiger charge is -2.04. The van der Waals surface area contributed by atoms with Crippen LogP contribution in [0.2, 0.25) is 5.02 Å². The highest BCUT2D eigenvalue weighted by Crippen LogP contribution is 2.24. The molecule has 1 N–H and O–H groups in total. The highest BCUT2D eigenvalue weighted by molar-refractivity contribution is 7.13. The van der Waals surface area contributed by atoms with Crippen LogP contribution >= 0.6 is 22.9 Å². The van der Waals surface area contributed by atoms with Gasteiger partial charge in [0, 0.05) is 22.5 Å². The fourth-order valence-corrected chi connectivity index (χ4v) is 3.20. The van der Waals surface area contributed by atoms with E-state index in [1.54, 1.807) is 11.3 Å². The van der Waals surface area contributed by atoms with Gasteiger partial charge in [-0.05, 0) is 24.6 Å². The highest BCUT2D eigenvalue weighted by atomic mass is 35.5. The number of amides is 1. The zero-order valence-electron chi connectivity index (χ0n) is 13.3. The number of aryl methyl sites for hydroxylation is 1. The second-order valence-electron chi connectivity index (χ2n) is 5.59. The molecule has 5 heteroatoms. The van der Waals surface area contributed by atoms with E-state index < -0.39 is 0 Å². The molecule has 0 aliphatic rings. The third-order valence-electron chi connectivity index (χ3n) is 3.59. The predicted molar refractivity (Wildman–Crippen MR) is 99.3 cm³/mol. The number of aromatic nitrogens is 1. The molecule has 1 aromatic heterocycles. The van der Waals surface area contributed by atoms with Crippen LogP contribution in [0.5, 0.6) is 0 Å². The Kier molecular flexibility index (Phi) is 5.28. The van der Waals surface area contributed by atoms with Crippen molar-refractivity contribution in [1.82, 2.24) is 10.3 Å². The summed E-state index contributed by atoms with van der Waals surface area (Å²) in [4.78, 5) is 16.6. The van der Waals surface area contributed by atoms with Crippen molar-refractivity contribution in [3.05, 3.63) is 75.8 Å². The molecule has 0 unspecified atom stereocenters. The number of hydrogen-bond donors (Lipinski definition) is 1. The average molecular weight is 357 g/mol. The minimum atomic E-state index is -0.0364. The van der Waals surface area contributed by atoms with Gasteiger partial charge in [0.2, 0.25) is 5.91 Å². The van der Waals surface area contributed by atoms with Crippen molar-refractivity contribution in [2.45, 2.75) is 19.9 Å². The molecule has 3 aromatic rings. The van der Waals surface area contributed by atoms with E-state index in [-0.39, 0.29) is 12.3 Å². The molecule has 0 atom stereocenters. The summed E-state index contributed by atoms with van der Waals surface area (Å²) in [5, 5.41) is 6.48. The van der Waals surface area contributed by atoms with Crippen LogP contribution in [0.4, 0.5) is 0 Å². The van der Waals surface area contributed by atoms with Gasteiger partial charge in [0.25, 0.3) is 0 Å². The van der Waals surface area contributed by atoms with Gasteiger partial charge in [0.15, 0.2) is 0 Å². The van der Waals surface area contributed by atoms with Gasteiger partial charge in [-0.3, -0.25) is 4.79 Å². The molecule has 0 aliphatic heterocycles. The molecular weight excluding hydrogens is 340 g/mol. The lowest BCUT2D eigenvalue weighted by atomic mass is 10.2. The number of nitrogens with one attached hydrogen (secondary N) is 1. The molecule has 3 nitrogen and oxygen atoms in total. The number of carbonyl (C=O) groups is 1. The smallest absolute Gasteiger partial charge is 0.226 e. The second-order valence-corrected chi connectivity index (χ2v) is 6.88. The van der Waals surface area contributed by atoms with Crippen molar-refractivity contribution >= 4 is 28.8 Å². The minimum Gasteiger partial charge on any atom is -0.352 e. The van der Waals surface area contributed by atoms with Crippen LogP contribution in [0.25, 0.3) is 10.6 Å². The Morgan fingerprint density at radius 3 is 2.54 bits per heavy atom. The van der Waals surface area contributed by atoms with E-state index in [0.717, 1.165) is 21.8 Å². The van der Waals surface area contributed by atoms with E-state index in [1.165, 1.54) is 5.56 Å². The Bertz CT molecular complexity index is 825. The first kappa shape index (κ1) is 16.7. The molecule has 2 aromatic carbocycles. The van der Waals surface area contributed by atoms with Gasteiger partial charge in [-0.1, -0.05) is 53.6 Å². The van der Waals surface area contributed by atoms with Gasteiger partial charge in [0.05, 0.1) is 12.1 Å². The minimum absolute atomic E-state index is 0.0364. The maximum atomic E-state index is 12.1. The highest BCUT2D eigenvalue weighted by Gasteiger charge is 2.09. The van der Waals surface area contributed by atoms with Crippen LogP contribution in [0.1, 0.15) is 16.8 Å². The van der Waals surface area contributed by atoms with E-state index in [4.69, 9.17) is 11.6 Å². The maximum absolute atomic E-state index is 12.1. The van der Waals surface area contributed by atoms with E-state index in [1.807, 2.05) is 29.6 Å². The first-order valence-corrected chi connectivity index (χ1v) is 8.88. The van der Waals surface area contributed by atoms with Crippen LogP contribution < -0.4 is 5.32 Å². The van der Waals surface area contributed by atoms with E-state index >= 15 is 0 Å². The van der Waals surface area contributed by atoms with E-state index in [2.05, 4.69) is 41.5 Å². The van der Waals surface area contributed by atoms with Gasteiger partial charge >= 0.3 is 0 Å². The van der Waals surface area contributed by atoms with Gasteiger partial charge in [-0.15, -0.1) is 11.3 Å². The number of rotatable bonds is 5. The Morgan fingerprint density at radius 2 is 1.83 bits per heavy atom. The second kappa shape index (κ2) is 7.60. The van der Waals surface area contributed by atoms with Crippen LogP contribution in [-0.4, -0.2) is 10.9 Å². The molecule has 1 amide bonds. The van der Waals surface area contributed by atoms with E-state index in [9.17, 15) is 4.79 Å². The number of nitrogens with zero attached hydrogens (tertiary/aromatic N) is 1. The van der Waals surface area contributed by atoms with Crippen LogP contribution in [0.15, 0.2) is 53.9 Å². The van der Waals surface area contributed by atoms with E-state index in [0.29, 0.717) is 11.6 Å². The van der Waals surface area contributed by atoms with Crippen molar-refractivity contribution < 1.29 is 4.79 Å². The van der Waals surface area contributed by atoms with Gasteiger partial charge in [0.1, 0.15) is 5.01 Å². The van der Waals surface area contributed by atoms with Crippen molar-refractivity contribution in [2.75, 3.05) is 0 Å². The molecule has 0 saturated carbocycles. The number of benzene rings is 2. The molecule has 0 bridgehead atoms. The number of halogens is 1. The largest absolute Gasteiger partial charge is 0.352 e. The first-order valence-electron chi connectivity index (χ1n) is 7.63. The van der Waals surface area contributed by atoms with Crippen LogP contribution in [-0.2, 0) is 17.8 Å². The number of thiazole rings is 1. The normalized spacial score (nSPS) is 10.6. The van der Waals surface area contributed by atoms with Crippen LogP contribution in [0.3, 0.4) is 0 Å². The lowest BCUT2D eigenvalue weighted by Crippen LogP contribution is -2.24. The summed E-state index contributed by atoms with van der Waals surface area (Å²) in [7, 11) is 0. The van der Waals surface area contributed by atoms with Crippen LogP contribution in [0, 0.1) is 6.92 Å². The Morgan fingerprint density at radius 1 is 1.12 bits per heavy atom. The SMILES string of the molecule is Cc1ccc(-c2nc(CC(=O)NCc3ccc(Cl)cc3)cs2)cc1. The summed E-state index contributed by atoms with van der Waals surface area (Å²) in [6.07, 6.45) is 0.288. The molecule has 24 heavy (non-hydrogen) atoms. The summed E-state index contributed by atoms with van der Waals surface area (Å²) >= 11 is 7.41. The molecule has 122 valence electrons. The number of carbonyl (C=O) groups excluding carboxylic acids is 1. The van der Waals surface area contributed by atoms with Gasteiger partial charge < -0.3 is 5.32 Å². The average Bonchev–Trinajstić information content (AvgIpc) is 3.03. The molecule has 0 aliphatic carbocycles. The Labute approximate surface area is 150 Å². The molecule has 3 rings (SSSR count). The summed E-state index contributed by atoms with van der Waals surface area (Å²) < 4.78 is 0. The first-order chi connectivity index (χ1) is 11.6. The molecule has 0 fully saturated rings. The summed E-state index contributed by atoms with van der Waals surface area (Å²) in [5.74, 6) is -0.0364. The van der Waals surface area contributed by atoms with Crippen molar-refractivity contribution in [3.63, 3.8) is 0 Å². The molecule has 0 spiro atoms. The van der Waals surface area contributed by atoms with Gasteiger partial charge in [-0.25, -0.2) is 4.98 Å². The zero-order chi connectivity index (χ0) is 16.9. The standard InChI is InChI=1S/C19H17ClN2OS/c1-13-2-6-15(7-3-13)19-22-17(12-24-19)10-18(23)21-11-14-4-8-16(20)9-5-14/h2-9,12H,10-11H2,1H3,(H,21,23). The zero-order valence-corrected chi connectivity index (χ0v) is 14.8. The molecule has 0 saturated heterocycles. The molecule has 1 heterocycles. The fourth-order valence-electron chi connectivity index (χ4n) is 2.25.